The molecule has 15 heavy (non-hydrogen) atoms. The predicted octanol–water partition coefficient (Wildman–Crippen LogP) is -3.26. The molecule has 0 aromatic carbocycles. The highest BCUT2D eigenvalue weighted by atomic mass is 16.3. The summed E-state index contributed by atoms with van der Waals surface area (Å²) in [6, 6.07) is -1.01. The van der Waals surface area contributed by atoms with E-state index in [9.17, 15) is 15.3 Å². The molecule has 2 aliphatic heterocycles. The van der Waals surface area contributed by atoms with Crippen LogP contribution in [0.2, 0.25) is 0 Å². The van der Waals surface area contributed by atoms with Gasteiger partial charge in [0.05, 0.1) is 37.6 Å². The first-order valence-corrected chi connectivity index (χ1v) is 5.13. The van der Waals surface area contributed by atoms with Crippen LogP contribution in [-0.4, -0.2) is 80.6 Å². The van der Waals surface area contributed by atoms with Gasteiger partial charge in [0.2, 0.25) is 0 Å². The maximum Gasteiger partial charge on any atom is 0.0991 e. The fourth-order valence-electron chi connectivity index (χ4n) is 2.82. The van der Waals surface area contributed by atoms with Crippen LogP contribution in [0.5, 0.6) is 0 Å². The Morgan fingerprint density at radius 1 is 1.00 bits per heavy atom. The van der Waals surface area contributed by atoms with Gasteiger partial charge in [-0.3, -0.25) is 4.90 Å². The summed E-state index contributed by atoms with van der Waals surface area (Å²) >= 11 is 0. The molecule has 2 fully saturated rings. The first-order chi connectivity index (χ1) is 7.11. The Balaban J connectivity index is 2.21. The molecule has 0 unspecified atom stereocenters. The van der Waals surface area contributed by atoms with Gasteiger partial charge in [0, 0.05) is 18.5 Å². The summed E-state index contributed by atoms with van der Waals surface area (Å²) in [4.78, 5) is 1.68. The first-order valence-electron chi connectivity index (χ1n) is 5.13. The molecule has 0 bridgehead atoms. The summed E-state index contributed by atoms with van der Waals surface area (Å²) in [5.74, 6) is -0.453. The van der Waals surface area contributed by atoms with Crippen molar-refractivity contribution in [3.63, 3.8) is 0 Å². The Morgan fingerprint density at radius 3 is 2.20 bits per heavy atom. The largest absolute Gasteiger partial charge is 0.396 e. The third-order valence-electron chi connectivity index (χ3n) is 3.63. The molecule has 2 rings (SSSR count). The lowest BCUT2D eigenvalue weighted by Crippen LogP contribution is -2.40. The second-order valence-electron chi connectivity index (χ2n) is 4.33. The molecule has 0 saturated carbocycles. The lowest BCUT2D eigenvalue weighted by molar-refractivity contribution is -0.00819. The SMILES string of the molecule is OC[C@@H]1[C@@H]2[C@@H](O)[C@H](O)[C@H](CO)N2C[C@@H]1O. The van der Waals surface area contributed by atoms with Crippen LogP contribution >= 0.6 is 0 Å². The molecular weight excluding hydrogens is 202 g/mol. The molecule has 2 heterocycles. The topological polar surface area (TPSA) is 104 Å². The quantitative estimate of drug-likeness (QED) is 0.334. The highest BCUT2D eigenvalue weighted by Gasteiger charge is 2.56. The minimum absolute atomic E-state index is 0.232. The van der Waals surface area contributed by atoms with Crippen LogP contribution in [0.3, 0.4) is 0 Å². The maximum absolute atomic E-state index is 9.76. The summed E-state index contributed by atoms with van der Waals surface area (Å²) < 4.78 is 0. The number of fused-ring (bicyclic) bond motifs is 1. The smallest absolute Gasteiger partial charge is 0.0991 e. The average Bonchev–Trinajstić information content (AvgIpc) is 2.64. The molecule has 5 N–H and O–H groups in total. The van der Waals surface area contributed by atoms with Crippen LogP contribution in [0.25, 0.3) is 0 Å². The van der Waals surface area contributed by atoms with E-state index in [-0.39, 0.29) is 19.8 Å². The lowest BCUT2D eigenvalue weighted by Gasteiger charge is -2.23. The number of rotatable bonds is 2. The van der Waals surface area contributed by atoms with Crippen LogP contribution < -0.4 is 0 Å². The van der Waals surface area contributed by atoms with Gasteiger partial charge in [0.25, 0.3) is 0 Å². The van der Waals surface area contributed by atoms with E-state index in [2.05, 4.69) is 0 Å². The van der Waals surface area contributed by atoms with E-state index >= 15 is 0 Å². The third kappa shape index (κ3) is 1.49. The molecule has 0 aromatic heterocycles. The number of nitrogens with zero attached hydrogens (tertiary/aromatic N) is 1. The molecular formula is C9H17NO5. The van der Waals surface area contributed by atoms with Crippen molar-refractivity contribution in [3.05, 3.63) is 0 Å². The standard InChI is InChI=1S/C9H17NO5/c11-2-4-6(13)1-10-5(3-12)8(14)9(15)7(4)10/h4-9,11-15H,1-3H2/t4-,5-,6-,7+,8+,9+/m0/s1. The normalized spacial score (nSPS) is 51.0. The fraction of sp³-hybridized carbons (Fsp3) is 1.00. The van der Waals surface area contributed by atoms with Crippen molar-refractivity contribution in [1.82, 2.24) is 4.90 Å². The zero-order chi connectivity index (χ0) is 11.2. The van der Waals surface area contributed by atoms with Crippen LogP contribution in [0, 0.1) is 5.92 Å². The van der Waals surface area contributed by atoms with Crippen LogP contribution in [0.15, 0.2) is 0 Å². The summed E-state index contributed by atoms with van der Waals surface area (Å²) in [5.41, 5.74) is 0. The minimum Gasteiger partial charge on any atom is -0.396 e. The van der Waals surface area contributed by atoms with E-state index in [0.717, 1.165) is 0 Å². The number of aliphatic hydroxyl groups excluding tert-OH is 5. The summed E-state index contributed by atoms with van der Waals surface area (Å²) in [5, 5.41) is 47.2. The second-order valence-corrected chi connectivity index (χ2v) is 4.33. The molecule has 0 radical (unpaired) electrons. The van der Waals surface area contributed by atoms with Crippen LogP contribution in [0.4, 0.5) is 0 Å². The van der Waals surface area contributed by atoms with Gasteiger partial charge in [-0.05, 0) is 0 Å². The van der Waals surface area contributed by atoms with Crippen molar-refractivity contribution in [3.8, 4) is 0 Å². The van der Waals surface area contributed by atoms with Crippen LogP contribution in [0.1, 0.15) is 0 Å². The molecule has 2 saturated heterocycles. The van der Waals surface area contributed by atoms with Crippen molar-refractivity contribution in [1.29, 1.82) is 0 Å². The Morgan fingerprint density at radius 2 is 1.67 bits per heavy atom. The first kappa shape index (κ1) is 11.3. The van der Waals surface area contributed by atoms with E-state index in [1.54, 1.807) is 4.90 Å². The Bertz CT molecular complexity index is 237. The minimum atomic E-state index is -1.02. The van der Waals surface area contributed by atoms with Gasteiger partial charge in [-0.1, -0.05) is 0 Å². The Hall–Kier alpha value is -0.240. The van der Waals surface area contributed by atoms with Crippen molar-refractivity contribution < 1.29 is 25.5 Å². The van der Waals surface area contributed by atoms with Gasteiger partial charge >= 0.3 is 0 Å². The van der Waals surface area contributed by atoms with E-state index in [1.165, 1.54) is 0 Å². The summed E-state index contributed by atoms with van der Waals surface area (Å²) in [6.07, 6.45) is -2.74. The monoisotopic (exact) mass is 219 g/mol. The Kier molecular flexibility index (Phi) is 2.98. The molecule has 6 heteroatoms. The zero-order valence-electron chi connectivity index (χ0n) is 8.27. The molecule has 6 nitrogen and oxygen atoms in total. The molecule has 2 aliphatic rings. The fourth-order valence-corrected chi connectivity index (χ4v) is 2.82. The zero-order valence-corrected chi connectivity index (χ0v) is 8.27. The van der Waals surface area contributed by atoms with Crippen molar-refractivity contribution in [2.45, 2.75) is 30.4 Å². The number of hydrogen-bond acceptors (Lipinski definition) is 6. The van der Waals surface area contributed by atoms with Gasteiger partial charge in [-0.15, -0.1) is 0 Å². The van der Waals surface area contributed by atoms with Crippen molar-refractivity contribution >= 4 is 0 Å². The highest BCUT2D eigenvalue weighted by molar-refractivity contribution is 5.09. The summed E-state index contributed by atoms with van der Waals surface area (Å²) in [7, 11) is 0. The predicted molar refractivity (Wildman–Crippen MR) is 50.0 cm³/mol. The second kappa shape index (κ2) is 3.97. The van der Waals surface area contributed by atoms with Crippen LogP contribution in [-0.2, 0) is 0 Å². The van der Waals surface area contributed by atoms with Gasteiger partial charge in [-0.2, -0.15) is 0 Å². The van der Waals surface area contributed by atoms with Crippen molar-refractivity contribution in [2.24, 2.45) is 5.92 Å². The van der Waals surface area contributed by atoms with E-state index in [4.69, 9.17) is 10.2 Å². The third-order valence-corrected chi connectivity index (χ3v) is 3.63. The highest BCUT2D eigenvalue weighted by Crippen LogP contribution is 2.36. The molecule has 0 aliphatic carbocycles. The molecule has 6 atom stereocenters. The average molecular weight is 219 g/mol. The van der Waals surface area contributed by atoms with Gasteiger partial charge < -0.3 is 25.5 Å². The molecule has 0 amide bonds. The van der Waals surface area contributed by atoms with E-state index < -0.39 is 36.3 Å². The van der Waals surface area contributed by atoms with E-state index in [1.807, 2.05) is 0 Å². The van der Waals surface area contributed by atoms with Crippen molar-refractivity contribution in [2.75, 3.05) is 19.8 Å². The molecule has 88 valence electrons. The lowest BCUT2D eigenvalue weighted by atomic mass is 9.94. The molecule has 0 spiro atoms. The summed E-state index contributed by atoms with van der Waals surface area (Å²) in [6.45, 7) is -0.223. The number of aliphatic hydroxyl groups is 5. The van der Waals surface area contributed by atoms with E-state index in [0.29, 0.717) is 0 Å². The number of hydrogen-bond donors (Lipinski definition) is 5. The maximum atomic E-state index is 9.76. The van der Waals surface area contributed by atoms with Gasteiger partial charge in [0.15, 0.2) is 0 Å². The van der Waals surface area contributed by atoms with Gasteiger partial charge in [-0.25, -0.2) is 0 Å². The Labute approximate surface area is 87.4 Å². The molecule has 0 aromatic rings. The van der Waals surface area contributed by atoms with Gasteiger partial charge in [0.1, 0.15) is 0 Å².